The first-order valence-corrected chi connectivity index (χ1v) is 5.05. The van der Waals surface area contributed by atoms with Crippen LogP contribution in [0.4, 0.5) is 10.1 Å². The molecule has 4 nitrogen and oxygen atoms in total. The van der Waals surface area contributed by atoms with E-state index < -0.39 is 17.3 Å². The predicted octanol–water partition coefficient (Wildman–Crippen LogP) is 0.663. The van der Waals surface area contributed by atoms with Crippen LogP contribution in [0.1, 0.15) is 23.2 Å². The van der Waals surface area contributed by atoms with Crippen LogP contribution in [0.5, 0.6) is 0 Å². The first-order chi connectivity index (χ1) is 7.58. The fourth-order valence-electron chi connectivity index (χ4n) is 1.52. The lowest BCUT2D eigenvalue weighted by Crippen LogP contribution is -2.39. The van der Waals surface area contributed by atoms with E-state index in [9.17, 15) is 9.18 Å². The van der Waals surface area contributed by atoms with Crippen molar-refractivity contribution in [1.82, 2.24) is 5.32 Å². The molecule has 1 fully saturated rings. The van der Waals surface area contributed by atoms with Crippen LogP contribution in [0.2, 0.25) is 0 Å². The molecule has 4 N–H and O–H groups in total. The van der Waals surface area contributed by atoms with Gasteiger partial charge < -0.3 is 16.2 Å². The number of nitrogens with two attached hydrogens (primary N) is 1. The van der Waals surface area contributed by atoms with Crippen LogP contribution >= 0.6 is 0 Å². The second-order valence-electron chi connectivity index (χ2n) is 4.09. The average molecular weight is 224 g/mol. The molecular weight excluding hydrogens is 211 g/mol. The van der Waals surface area contributed by atoms with Crippen LogP contribution in [0.25, 0.3) is 0 Å². The summed E-state index contributed by atoms with van der Waals surface area (Å²) >= 11 is 0. The molecule has 0 heterocycles. The van der Waals surface area contributed by atoms with E-state index in [1.807, 2.05) is 0 Å². The Kier molecular flexibility index (Phi) is 2.55. The largest absolute Gasteiger partial charge is 0.396 e. The molecule has 0 atom stereocenters. The molecule has 86 valence electrons. The van der Waals surface area contributed by atoms with Crippen LogP contribution in [0.3, 0.4) is 0 Å². The molecule has 1 saturated carbocycles. The maximum atomic E-state index is 13.1. The molecule has 0 aliphatic heterocycles. The number of aliphatic hydroxyl groups is 1. The van der Waals surface area contributed by atoms with Crippen molar-refractivity contribution >= 4 is 11.6 Å². The normalized spacial score (nSPS) is 16.9. The van der Waals surface area contributed by atoms with Crippen molar-refractivity contribution in [1.29, 1.82) is 0 Å². The third kappa shape index (κ3) is 1.86. The third-order valence-corrected chi connectivity index (χ3v) is 2.83. The van der Waals surface area contributed by atoms with Gasteiger partial charge in [0, 0.05) is 0 Å². The summed E-state index contributed by atoms with van der Waals surface area (Å²) in [6, 6.07) is 4.09. The number of anilines is 1. The van der Waals surface area contributed by atoms with Crippen molar-refractivity contribution in [3.05, 3.63) is 29.6 Å². The monoisotopic (exact) mass is 224 g/mol. The summed E-state index contributed by atoms with van der Waals surface area (Å²) in [5.41, 5.74) is 4.90. The first-order valence-electron chi connectivity index (χ1n) is 5.05. The summed E-state index contributed by atoms with van der Waals surface area (Å²) in [6.07, 6.45) is 1.48. The molecular formula is C11H13FN2O2. The van der Waals surface area contributed by atoms with Gasteiger partial charge in [0.1, 0.15) is 5.82 Å². The van der Waals surface area contributed by atoms with E-state index in [0.29, 0.717) is 0 Å². The molecule has 0 spiro atoms. The Hall–Kier alpha value is -1.62. The van der Waals surface area contributed by atoms with Gasteiger partial charge in [-0.3, -0.25) is 4.79 Å². The maximum Gasteiger partial charge on any atom is 0.253 e. The molecule has 1 aromatic rings. The second-order valence-corrected chi connectivity index (χ2v) is 4.09. The number of halogens is 1. The Morgan fingerprint density at radius 2 is 2.25 bits per heavy atom. The van der Waals surface area contributed by atoms with Crippen molar-refractivity contribution in [2.75, 3.05) is 12.3 Å². The number of carbonyl (C=O) groups is 1. The third-order valence-electron chi connectivity index (χ3n) is 2.83. The molecule has 1 aliphatic rings. The number of rotatable bonds is 3. The zero-order chi connectivity index (χ0) is 11.8. The highest BCUT2D eigenvalue weighted by molar-refractivity contribution is 5.99. The van der Waals surface area contributed by atoms with E-state index in [1.165, 1.54) is 18.2 Å². The lowest BCUT2D eigenvalue weighted by atomic mass is 10.1. The molecule has 0 bridgehead atoms. The molecule has 16 heavy (non-hydrogen) atoms. The second kappa shape index (κ2) is 3.75. The Labute approximate surface area is 92.3 Å². The lowest BCUT2D eigenvalue weighted by Gasteiger charge is -2.15. The fraction of sp³-hybridized carbons (Fsp3) is 0.364. The van der Waals surface area contributed by atoms with E-state index in [2.05, 4.69) is 5.32 Å². The number of benzene rings is 1. The molecule has 0 aromatic heterocycles. The van der Waals surface area contributed by atoms with E-state index in [4.69, 9.17) is 10.8 Å². The van der Waals surface area contributed by atoms with Gasteiger partial charge in [-0.1, -0.05) is 6.07 Å². The van der Waals surface area contributed by atoms with E-state index in [-0.39, 0.29) is 17.9 Å². The Bertz CT molecular complexity index is 430. The average Bonchev–Trinajstić information content (AvgIpc) is 3.02. The van der Waals surface area contributed by atoms with E-state index in [0.717, 1.165) is 12.8 Å². The Morgan fingerprint density at radius 1 is 1.56 bits per heavy atom. The SMILES string of the molecule is Nc1c(F)cccc1C(=O)NC1(CO)CC1. The summed E-state index contributed by atoms with van der Waals surface area (Å²) in [4.78, 5) is 11.8. The minimum atomic E-state index is -0.610. The smallest absolute Gasteiger partial charge is 0.253 e. The molecule has 5 heteroatoms. The number of hydrogen-bond acceptors (Lipinski definition) is 3. The summed E-state index contributed by atoms with van der Waals surface area (Å²) in [7, 11) is 0. The van der Waals surface area contributed by atoms with Crippen molar-refractivity contribution < 1.29 is 14.3 Å². The fourth-order valence-corrected chi connectivity index (χ4v) is 1.52. The van der Waals surface area contributed by atoms with Gasteiger partial charge in [0.25, 0.3) is 5.91 Å². The molecule has 1 amide bonds. The molecule has 0 radical (unpaired) electrons. The van der Waals surface area contributed by atoms with E-state index in [1.54, 1.807) is 0 Å². The zero-order valence-electron chi connectivity index (χ0n) is 8.66. The highest BCUT2D eigenvalue weighted by Crippen LogP contribution is 2.35. The number of carbonyl (C=O) groups excluding carboxylic acids is 1. The Balaban J connectivity index is 2.18. The quantitative estimate of drug-likeness (QED) is 0.660. The number of para-hydroxylation sites is 1. The number of hydrogen-bond donors (Lipinski definition) is 3. The maximum absolute atomic E-state index is 13.1. The highest BCUT2D eigenvalue weighted by Gasteiger charge is 2.43. The predicted molar refractivity (Wildman–Crippen MR) is 57.3 cm³/mol. The van der Waals surface area contributed by atoms with Gasteiger partial charge in [-0.15, -0.1) is 0 Å². The van der Waals surface area contributed by atoms with Crippen molar-refractivity contribution in [3.8, 4) is 0 Å². The van der Waals surface area contributed by atoms with Crippen LogP contribution in [0.15, 0.2) is 18.2 Å². The Morgan fingerprint density at radius 3 is 2.81 bits per heavy atom. The molecule has 0 unspecified atom stereocenters. The van der Waals surface area contributed by atoms with Gasteiger partial charge in [-0.2, -0.15) is 0 Å². The lowest BCUT2D eigenvalue weighted by molar-refractivity contribution is 0.0907. The van der Waals surface area contributed by atoms with Crippen LogP contribution in [-0.4, -0.2) is 23.2 Å². The van der Waals surface area contributed by atoms with Crippen molar-refractivity contribution in [2.24, 2.45) is 0 Å². The number of nitrogens with one attached hydrogen (secondary N) is 1. The molecule has 2 rings (SSSR count). The number of amides is 1. The minimum absolute atomic E-state index is 0.103. The van der Waals surface area contributed by atoms with Gasteiger partial charge in [-0.25, -0.2) is 4.39 Å². The molecule has 0 saturated heterocycles. The molecule has 1 aliphatic carbocycles. The van der Waals surface area contributed by atoms with Crippen molar-refractivity contribution in [3.63, 3.8) is 0 Å². The number of aliphatic hydroxyl groups excluding tert-OH is 1. The van der Waals surface area contributed by atoms with Gasteiger partial charge in [0.15, 0.2) is 0 Å². The zero-order valence-corrected chi connectivity index (χ0v) is 8.66. The number of nitrogen functional groups attached to an aromatic ring is 1. The van der Waals surface area contributed by atoms with Gasteiger partial charge in [-0.05, 0) is 25.0 Å². The van der Waals surface area contributed by atoms with Gasteiger partial charge in [0.05, 0.1) is 23.4 Å². The van der Waals surface area contributed by atoms with E-state index >= 15 is 0 Å². The topological polar surface area (TPSA) is 75.4 Å². The summed E-state index contributed by atoms with van der Waals surface area (Å²) in [6.45, 7) is -0.103. The van der Waals surface area contributed by atoms with Crippen LogP contribution < -0.4 is 11.1 Å². The first kappa shape index (κ1) is 10.9. The summed E-state index contributed by atoms with van der Waals surface area (Å²) < 4.78 is 13.1. The standard InChI is InChI=1S/C11H13FN2O2/c12-8-3-1-2-7(9(8)13)10(16)14-11(6-15)4-5-11/h1-3,15H,4-6,13H2,(H,14,16). The van der Waals surface area contributed by atoms with Crippen LogP contribution in [-0.2, 0) is 0 Å². The summed E-state index contributed by atoms with van der Waals surface area (Å²) in [5.74, 6) is -1.05. The molecule has 1 aromatic carbocycles. The highest BCUT2D eigenvalue weighted by atomic mass is 19.1. The van der Waals surface area contributed by atoms with Crippen molar-refractivity contribution in [2.45, 2.75) is 18.4 Å². The minimum Gasteiger partial charge on any atom is -0.396 e. The van der Waals surface area contributed by atoms with Gasteiger partial charge in [0.2, 0.25) is 0 Å². The van der Waals surface area contributed by atoms with Gasteiger partial charge >= 0.3 is 0 Å². The summed E-state index contributed by atoms with van der Waals surface area (Å²) in [5, 5.41) is 11.7. The van der Waals surface area contributed by atoms with Crippen LogP contribution in [0, 0.1) is 5.82 Å².